The summed E-state index contributed by atoms with van der Waals surface area (Å²) >= 11 is 0. The van der Waals surface area contributed by atoms with E-state index in [9.17, 15) is 8.42 Å². The zero-order valence-electron chi connectivity index (χ0n) is 16.0. The summed E-state index contributed by atoms with van der Waals surface area (Å²) in [7, 11) is -3.54. The molecule has 0 atom stereocenters. The Morgan fingerprint density at radius 1 is 1.04 bits per heavy atom. The minimum atomic E-state index is -3.54. The maximum absolute atomic E-state index is 13.1. The summed E-state index contributed by atoms with van der Waals surface area (Å²) in [4.78, 5) is 4.89. The highest BCUT2D eigenvalue weighted by atomic mass is 32.2. The lowest BCUT2D eigenvalue weighted by Crippen LogP contribution is -2.39. The van der Waals surface area contributed by atoms with Crippen LogP contribution in [0, 0.1) is 6.92 Å². The highest BCUT2D eigenvalue weighted by molar-refractivity contribution is 7.89. The molecule has 2 fully saturated rings. The molecule has 0 amide bonds. The molecule has 2 aliphatic heterocycles. The lowest BCUT2D eigenvalue weighted by molar-refractivity contribution is 0.171. The number of piperidine rings is 1. The molecule has 0 N–H and O–H groups in total. The number of benzene rings is 1. The van der Waals surface area contributed by atoms with Crippen molar-refractivity contribution in [1.29, 1.82) is 0 Å². The van der Waals surface area contributed by atoms with Gasteiger partial charge in [0.15, 0.2) is 11.5 Å². The van der Waals surface area contributed by atoms with Gasteiger partial charge in [-0.2, -0.15) is 4.31 Å². The third kappa shape index (κ3) is 3.08. The third-order valence-corrected chi connectivity index (χ3v) is 7.79. The van der Waals surface area contributed by atoms with E-state index in [1.165, 1.54) is 24.4 Å². The van der Waals surface area contributed by atoms with Crippen LogP contribution in [0.25, 0.3) is 0 Å². The van der Waals surface area contributed by atoms with Crippen molar-refractivity contribution in [2.75, 3.05) is 26.3 Å². The molecule has 1 aromatic carbocycles. The van der Waals surface area contributed by atoms with E-state index < -0.39 is 10.0 Å². The van der Waals surface area contributed by atoms with E-state index in [4.69, 9.17) is 9.47 Å². The van der Waals surface area contributed by atoms with E-state index in [-0.39, 0.29) is 4.90 Å². The largest absolute Gasteiger partial charge is 0.486 e. The Balaban J connectivity index is 1.33. The Morgan fingerprint density at radius 3 is 2.46 bits per heavy atom. The molecule has 2 aromatic rings. The minimum absolute atomic E-state index is 0.271. The van der Waals surface area contributed by atoms with Crippen LogP contribution in [-0.4, -0.2) is 48.6 Å². The normalized spacial score (nSPS) is 21.0. The van der Waals surface area contributed by atoms with Crippen molar-refractivity contribution in [3.05, 3.63) is 35.9 Å². The summed E-state index contributed by atoms with van der Waals surface area (Å²) in [5.41, 5.74) is 1.18. The fourth-order valence-electron chi connectivity index (χ4n) is 4.26. The van der Waals surface area contributed by atoms with Crippen molar-refractivity contribution < 1.29 is 17.9 Å². The van der Waals surface area contributed by atoms with Gasteiger partial charge < -0.3 is 14.0 Å². The van der Waals surface area contributed by atoms with Gasteiger partial charge in [0, 0.05) is 43.0 Å². The first-order valence-electron chi connectivity index (χ1n) is 9.97. The molecule has 0 bridgehead atoms. The molecular weight excluding hydrogens is 378 g/mol. The van der Waals surface area contributed by atoms with Gasteiger partial charge in [-0.05, 0) is 44.7 Å². The summed E-state index contributed by atoms with van der Waals surface area (Å²) in [5.74, 6) is 2.89. The Morgan fingerprint density at radius 2 is 1.75 bits per heavy atom. The number of aryl methyl sites for hydroxylation is 1. The Labute approximate surface area is 165 Å². The highest BCUT2D eigenvalue weighted by Gasteiger charge is 2.35. The van der Waals surface area contributed by atoms with E-state index in [0.717, 1.165) is 12.8 Å². The van der Waals surface area contributed by atoms with Crippen molar-refractivity contribution in [1.82, 2.24) is 13.9 Å². The molecule has 0 spiro atoms. The smallest absolute Gasteiger partial charge is 0.243 e. The van der Waals surface area contributed by atoms with Crippen LogP contribution < -0.4 is 9.47 Å². The van der Waals surface area contributed by atoms with Gasteiger partial charge in [0.05, 0.1) is 4.90 Å². The maximum Gasteiger partial charge on any atom is 0.243 e. The predicted octanol–water partition coefficient (Wildman–Crippen LogP) is 2.87. The van der Waals surface area contributed by atoms with Gasteiger partial charge in [0.2, 0.25) is 10.0 Å². The lowest BCUT2D eigenvalue weighted by atomic mass is 10.1. The average Bonchev–Trinajstić information content (AvgIpc) is 3.49. The number of hydrogen-bond donors (Lipinski definition) is 0. The molecule has 8 heteroatoms. The first-order chi connectivity index (χ1) is 13.5. The second kappa shape index (κ2) is 6.77. The number of fused-ring (bicyclic) bond motifs is 1. The fraction of sp³-hybridized carbons (Fsp3) is 0.550. The second-order valence-electron chi connectivity index (χ2n) is 7.84. The fourth-order valence-corrected chi connectivity index (χ4v) is 5.74. The van der Waals surface area contributed by atoms with E-state index in [0.29, 0.717) is 49.8 Å². The number of nitrogens with zero attached hydrogens (tertiary/aromatic N) is 3. The Kier molecular flexibility index (Phi) is 4.35. The quantitative estimate of drug-likeness (QED) is 0.785. The summed E-state index contributed by atoms with van der Waals surface area (Å²) < 4.78 is 41.3. The van der Waals surface area contributed by atoms with Gasteiger partial charge in [-0.3, -0.25) is 0 Å². The van der Waals surface area contributed by atoms with E-state index >= 15 is 0 Å². The van der Waals surface area contributed by atoms with E-state index in [1.54, 1.807) is 22.5 Å². The third-order valence-electron chi connectivity index (χ3n) is 5.89. The van der Waals surface area contributed by atoms with E-state index in [1.807, 2.05) is 6.20 Å². The van der Waals surface area contributed by atoms with Crippen LogP contribution in [0.1, 0.15) is 49.2 Å². The molecule has 1 saturated heterocycles. The molecule has 3 heterocycles. The average molecular weight is 404 g/mol. The van der Waals surface area contributed by atoms with Gasteiger partial charge >= 0.3 is 0 Å². The Hall–Kier alpha value is -2.06. The molecule has 3 aliphatic rings. The second-order valence-corrected chi connectivity index (χ2v) is 9.78. The standard InChI is InChI=1S/C20H25N3O4S/c1-14-13-21-20(15-2-3-15)23(14)16-6-8-22(9-7-16)28(24,25)17-4-5-18-19(12-17)27-11-10-26-18/h4-5,12-13,15-16H,2-3,6-11H2,1H3. The number of rotatable bonds is 4. The number of hydrogen-bond acceptors (Lipinski definition) is 5. The summed E-state index contributed by atoms with van der Waals surface area (Å²) in [6.45, 7) is 4.06. The molecule has 5 rings (SSSR count). The van der Waals surface area contributed by atoms with Crippen LogP contribution in [0.5, 0.6) is 11.5 Å². The molecule has 1 aromatic heterocycles. The summed E-state index contributed by atoms with van der Waals surface area (Å²) in [6, 6.07) is 5.21. The maximum atomic E-state index is 13.1. The lowest BCUT2D eigenvalue weighted by Gasteiger charge is -2.33. The molecule has 1 saturated carbocycles. The topological polar surface area (TPSA) is 73.7 Å². The molecule has 0 unspecified atom stereocenters. The van der Waals surface area contributed by atoms with Crippen molar-refractivity contribution >= 4 is 10.0 Å². The zero-order valence-corrected chi connectivity index (χ0v) is 16.8. The number of imidazole rings is 1. The molecule has 150 valence electrons. The number of sulfonamides is 1. The SMILES string of the molecule is Cc1cnc(C2CC2)n1C1CCN(S(=O)(=O)c2ccc3c(c2)OCCO3)CC1. The predicted molar refractivity (Wildman–Crippen MR) is 103 cm³/mol. The van der Waals surface area contributed by atoms with Crippen LogP contribution in [0.3, 0.4) is 0 Å². The number of ether oxygens (including phenoxy) is 2. The van der Waals surface area contributed by atoms with Crippen molar-refractivity contribution in [2.45, 2.75) is 49.5 Å². The first kappa shape index (κ1) is 18.0. The van der Waals surface area contributed by atoms with Crippen LogP contribution in [-0.2, 0) is 10.0 Å². The molecule has 0 radical (unpaired) electrons. The molecule has 1 aliphatic carbocycles. The molecule has 28 heavy (non-hydrogen) atoms. The van der Waals surface area contributed by atoms with Crippen LogP contribution >= 0.6 is 0 Å². The van der Waals surface area contributed by atoms with Gasteiger partial charge in [-0.15, -0.1) is 0 Å². The van der Waals surface area contributed by atoms with Gasteiger partial charge in [-0.1, -0.05) is 0 Å². The monoisotopic (exact) mass is 403 g/mol. The first-order valence-corrected chi connectivity index (χ1v) is 11.4. The summed E-state index contributed by atoms with van der Waals surface area (Å²) in [5, 5.41) is 0. The van der Waals surface area contributed by atoms with Gasteiger partial charge in [0.25, 0.3) is 0 Å². The zero-order chi connectivity index (χ0) is 19.3. The van der Waals surface area contributed by atoms with Gasteiger partial charge in [0.1, 0.15) is 19.0 Å². The van der Waals surface area contributed by atoms with Crippen LogP contribution in [0.2, 0.25) is 0 Å². The highest BCUT2D eigenvalue weighted by Crippen LogP contribution is 2.42. The van der Waals surface area contributed by atoms with Crippen LogP contribution in [0.15, 0.2) is 29.3 Å². The van der Waals surface area contributed by atoms with Crippen molar-refractivity contribution in [3.63, 3.8) is 0 Å². The summed E-state index contributed by atoms with van der Waals surface area (Å²) in [6.07, 6.45) is 5.99. The molecular formula is C20H25N3O4S. The Bertz CT molecular complexity index is 989. The van der Waals surface area contributed by atoms with Crippen molar-refractivity contribution in [2.24, 2.45) is 0 Å². The minimum Gasteiger partial charge on any atom is -0.486 e. The number of aromatic nitrogens is 2. The van der Waals surface area contributed by atoms with Crippen molar-refractivity contribution in [3.8, 4) is 11.5 Å². The molecule has 7 nitrogen and oxygen atoms in total. The van der Waals surface area contributed by atoms with Gasteiger partial charge in [-0.25, -0.2) is 13.4 Å². The van der Waals surface area contributed by atoms with Crippen LogP contribution in [0.4, 0.5) is 0 Å². The van der Waals surface area contributed by atoms with E-state index in [2.05, 4.69) is 16.5 Å².